The van der Waals surface area contributed by atoms with Crippen LogP contribution in [0.1, 0.15) is 33.6 Å². The standard InChI is InChI=1S/C9H18ClNO/c1-4-5-6-11(8(2)3)9(12)7-10/h8H,4-7H2,1-3H3. The maximum absolute atomic E-state index is 11.3. The zero-order valence-electron chi connectivity index (χ0n) is 8.14. The van der Waals surface area contributed by atoms with Crippen LogP contribution < -0.4 is 0 Å². The fraction of sp³-hybridized carbons (Fsp3) is 0.889. The van der Waals surface area contributed by atoms with Gasteiger partial charge in [0.05, 0.1) is 0 Å². The van der Waals surface area contributed by atoms with E-state index in [2.05, 4.69) is 6.92 Å². The van der Waals surface area contributed by atoms with E-state index in [1.165, 1.54) is 0 Å². The lowest BCUT2D eigenvalue weighted by atomic mass is 10.2. The van der Waals surface area contributed by atoms with E-state index in [1.54, 1.807) is 0 Å². The van der Waals surface area contributed by atoms with Gasteiger partial charge in [-0.05, 0) is 20.3 Å². The van der Waals surface area contributed by atoms with E-state index in [9.17, 15) is 4.79 Å². The molecule has 0 atom stereocenters. The van der Waals surface area contributed by atoms with Gasteiger partial charge in [-0.15, -0.1) is 11.6 Å². The van der Waals surface area contributed by atoms with Crippen LogP contribution in [0, 0.1) is 0 Å². The van der Waals surface area contributed by atoms with E-state index in [0.717, 1.165) is 19.4 Å². The van der Waals surface area contributed by atoms with Crippen molar-refractivity contribution in [3.05, 3.63) is 0 Å². The van der Waals surface area contributed by atoms with Crippen LogP contribution in [0.15, 0.2) is 0 Å². The highest BCUT2D eigenvalue weighted by Gasteiger charge is 2.14. The van der Waals surface area contributed by atoms with Crippen LogP contribution in [0.4, 0.5) is 0 Å². The van der Waals surface area contributed by atoms with Crippen molar-refractivity contribution >= 4 is 17.5 Å². The predicted octanol–water partition coefficient (Wildman–Crippen LogP) is 2.26. The molecule has 0 aliphatic heterocycles. The number of hydrogen-bond donors (Lipinski definition) is 0. The first-order valence-electron chi connectivity index (χ1n) is 4.48. The summed E-state index contributed by atoms with van der Waals surface area (Å²) in [6.45, 7) is 6.98. The van der Waals surface area contributed by atoms with Gasteiger partial charge in [0.1, 0.15) is 5.88 Å². The molecule has 0 bridgehead atoms. The van der Waals surface area contributed by atoms with Crippen molar-refractivity contribution in [3.8, 4) is 0 Å². The van der Waals surface area contributed by atoms with E-state index >= 15 is 0 Å². The Kier molecular flexibility index (Phi) is 6.17. The molecule has 0 aliphatic rings. The minimum Gasteiger partial charge on any atom is -0.339 e. The van der Waals surface area contributed by atoms with Crippen molar-refractivity contribution < 1.29 is 4.79 Å². The Morgan fingerprint density at radius 1 is 1.50 bits per heavy atom. The molecule has 3 heteroatoms. The first-order chi connectivity index (χ1) is 5.63. The quantitative estimate of drug-likeness (QED) is 0.611. The fourth-order valence-electron chi connectivity index (χ4n) is 1.08. The zero-order valence-corrected chi connectivity index (χ0v) is 8.90. The molecule has 0 radical (unpaired) electrons. The Morgan fingerprint density at radius 2 is 2.08 bits per heavy atom. The average molecular weight is 192 g/mol. The van der Waals surface area contributed by atoms with Crippen LogP contribution in [-0.2, 0) is 4.79 Å². The molecule has 0 aliphatic carbocycles. The summed E-state index contributed by atoms with van der Waals surface area (Å²) in [6, 6.07) is 0.266. The van der Waals surface area contributed by atoms with Crippen molar-refractivity contribution in [2.24, 2.45) is 0 Å². The zero-order chi connectivity index (χ0) is 9.56. The minimum atomic E-state index is 0.0418. The second-order valence-electron chi connectivity index (χ2n) is 3.17. The number of rotatable bonds is 5. The third-order valence-electron chi connectivity index (χ3n) is 1.81. The third-order valence-corrected chi connectivity index (χ3v) is 2.04. The highest BCUT2D eigenvalue weighted by Crippen LogP contribution is 2.03. The van der Waals surface area contributed by atoms with Crippen LogP contribution in [-0.4, -0.2) is 29.3 Å². The summed E-state index contributed by atoms with van der Waals surface area (Å²) >= 11 is 5.48. The Labute approximate surface area is 79.9 Å². The predicted molar refractivity (Wildman–Crippen MR) is 52.5 cm³/mol. The molecule has 0 aromatic heterocycles. The second-order valence-corrected chi connectivity index (χ2v) is 3.44. The Hall–Kier alpha value is -0.240. The number of carbonyl (C=O) groups is 1. The van der Waals surface area contributed by atoms with Crippen molar-refractivity contribution in [2.75, 3.05) is 12.4 Å². The summed E-state index contributed by atoms with van der Waals surface area (Å²) in [5, 5.41) is 0. The highest BCUT2D eigenvalue weighted by molar-refractivity contribution is 6.27. The van der Waals surface area contributed by atoms with E-state index < -0.39 is 0 Å². The maximum Gasteiger partial charge on any atom is 0.237 e. The SMILES string of the molecule is CCCCN(C(=O)CCl)C(C)C. The van der Waals surface area contributed by atoms with Gasteiger partial charge in [0.25, 0.3) is 0 Å². The van der Waals surface area contributed by atoms with Gasteiger partial charge in [-0.1, -0.05) is 13.3 Å². The van der Waals surface area contributed by atoms with Crippen LogP contribution in [0.3, 0.4) is 0 Å². The summed E-state index contributed by atoms with van der Waals surface area (Å²) in [6.07, 6.45) is 2.17. The Balaban J connectivity index is 3.95. The summed E-state index contributed by atoms with van der Waals surface area (Å²) < 4.78 is 0. The molecule has 0 aromatic rings. The molecule has 12 heavy (non-hydrogen) atoms. The molecule has 0 spiro atoms. The molecule has 2 nitrogen and oxygen atoms in total. The molecule has 0 saturated heterocycles. The lowest BCUT2D eigenvalue weighted by Crippen LogP contribution is -2.38. The smallest absolute Gasteiger partial charge is 0.237 e. The molecule has 0 heterocycles. The van der Waals surface area contributed by atoms with Gasteiger partial charge in [0, 0.05) is 12.6 Å². The molecule has 72 valence electrons. The van der Waals surface area contributed by atoms with E-state index in [0.29, 0.717) is 0 Å². The minimum absolute atomic E-state index is 0.0418. The normalized spacial score (nSPS) is 10.4. The number of amides is 1. The average Bonchev–Trinajstić information content (AvgIpc) is 2.04. The van der Waals surface area contributed by atoms with Gasteiger partial charge in [0.15, 0.2) is 0 Å². The van der Waals surface area contributed by atoms with E-state index in [1.807, 2.05) is 18.7 Å². The third kappa shape index (κ3) is 3.96. The van der Waals surface area contributed by atoms with E-state index in [-0.39, 0.29) is 17.8 Å². The monoisotopic (exact) mass is 191 g/mol. The lowest BCUT2D eigenvalue weighted by Gasteiger charge is -2.25. The summed E-state index contributed by atoms with van der Waals surface area (Å²) in [4.78, 5) is 13.1. The highest BCUT2D eigenvalue weighted by atomic mass is 35.5. The number of unbranched alkanes of at least 4 members (excludes halogenated alkanes) is 1. The van der Waals surface area contributed by atoms with Gasteiger partial charge in [-0.3, -0.25) is 4.79 Å². The molecule has 0 N–H and O–H groups in total. The molecule has 0 rings (SSSR count). The summed E-state index contributed by atoms with van der Waals surface area (Å²) in [5.41, 5.74) is 0. The number of carbonyl (C=O) groups excluding carboxylic acids is 1. The van der Waals surface area contributed by atoms with Gasteiger partial charge < -0.3 is 4.90 Å². The van der Waals surface area contributed by atoms with Crippen molar-refractivity contribution in [1.82, 2.24) is 4.90 Å². The van der Waals surface area contributed by atoms with Crippen LogP contribution in [0.5, 0.6) is 0 Å². The summed E-state index contributed by atoms with van der Waals surface area (Å²) in [5.74, 6) is 0.141. The van der Waals surface area contributed by atoms with Crippen LogP contribution in [0.2, 0.25) is 0 Å². The van der Waals surface area contributed by atoms with Crippen molar-refractivity contribution in [2.45, 2.75) is 39.7 Å². The molecular weight excluding hydrogens is 174 g/mol. The second kappa shape index (κ2) is 6.30. The van der Waals surface area contributed by atoms with Gasteiger partial charge in [-0.25, -0.2) is 0 Å². The largest absolute Gasteiger partial charge is 0.339 e. The van der Waals surface area contributed by atoms with E-state index in [4.69, 9.17) is 11.6 Å². The Bertz CT molecular complexity index is 136. The van der Waals surface area contributed by atoms with Gasteiger partial charge in [0.2, 0.25) is 5.91 Å². The van der Waals surface area contributed by atoms with Crippen molar-refractivity contribution in [1.29, 1.82) is 0 Å². The molecular formula is C9H18ClNO. The molecule has 0 aromatic carbocycles. The van der Waals surface area contributed by atoms with Gasteiger partial charge >= 0.3 is 0 Å². The summed E-state index contributed by atoms with van der Waals surface area (Å²) in [7, 11) is 0. The number of nitrogens with zero attached hydrogens (tertiary/aromatic N) is 1. The first kappa shape index (κ1) is 11.8. The fourth-order valence-corrected chi connectivity index (χ4v) is 1.23. The lowest BCUT2D eigenvalue weighted by molar-refractivity contribution is -0.130. The number of halogens is 1. The molecule has 1 amide bonds. The number of alkyl halides is 1. The Morgan fingerprint density at radius 3 is 2.42 bits per heavy atom. The first-order valence-corrected chi connectivity index (χ1v) is 5.02. The molecule has 0 unspecified atom stereocenters. The maximum atomic E-state index is 11.3. The molecule has 0 saturated carbocycles. The van der Waals surface area contributed by atoms with Crippen LogP contribution >= 0.6 is 11.6 Å². The van der Waals surface area contributed by atoms with Crippen LogP contribution in [0.25, 0.3) is 0 Å². The number of hydrogen-bond acceptors (Lipinski definition) is 1. The van der Waals surface area contributed by atoms with Crippen molar-refractivity contribution in [3.63, 3.8) is 0 Å². The van der Waals surface area contributed by atoms with Gasteiger partial charge in [-0.2, -0.15) is 0 Å². The molecule has 0 fully saturated rings. The topological polar surface area (TPSA) is 20.3 Å².